The number of morpholine rings is 1. The molecular formula is C17H22ClNO2. The van der Waals surface area contributed by atoms with Crippen LogP contribution in [-0.2, 0) is 10.3 Å². The zero-order valence-electron chi connectivity index (χ0n) is 12.1. The van der Waals surface area contributed by atoms with Crippen LogP contribution >= 0.6 is 12.4 Å². The Hall–Kier alpha value is -1.05. The van der Waals surface area contributed by atoms with Crippen molar-refractivity contribution in [1.82, 2.24) is 4.90 Å². The van der Waals surface area contributed by atoms with Crippen LogP contribution in [0.4, 0.5) is 0 Å². The van der Waals surface area contributed by atoms with E-state index in [-0.39, 0.29) is 12.4 Å². The fraction of sp³-hybridized carbons (Fsp3) is 0.529. The SMILES string of the molecule is Cl.OC(C#CCN1CCOCC1)(c1ccccc1)C1CC1. The molecule has 1 aliphatic carbocycles. The maximum absolute atomic E-state index is 10.9. The van der Waals surface area contributed by atoms with Gasteiger partial charge in [-0.3, -0.25) is 4.90 Å². The van der Waals surface area contributed by atoms with Crippen LogP contribution in [0.3, 0.4) is 0 Å². The standard InChI is InChI=1S/C17H21NO2.ClH/c19-17(16-7-8-16,15-5-2-1-3-6-15)9-4-10-18-11-13-20-14-12-18;/h1-3,5-6,16,19H,7-8,10-14H2;1H. The summed E-state index contributed by atoms with van der Waals surface area (Å²) in [7, 11) is 0. The molecule has 2 aliphatic rings. The molecule has 1 aliphatic heterocycles. The summed E-state index contributed by atoms with van der Waals surface area (Å²) >= 11 is 0. The quantitative estimate of drug-likeness (QED) is 0.868. The van der Waals surface area contributed by atoms with Crippen LogP contribution in [0.5, 0.6) is 0 Å². The molecule has 0 amide bonds. The van der Waals surface area contributed by atoms with Gasteiger partial charge < -0.3 is 9.84 Å². The Balaban J connectivity index is 0.00000161. The highest BCUT2D eigenvalue weighted by Crippen LogP contribution is 2.45. The van der Waals surface area contributed by atoms with E-state index < -0.39 is 5.60 Å². The number of ether oxygens (including phenoxy) is 1. The second-order valence-electron chi connectivity index (χ2n) is 5.60. The second-order valence-corrected chi connectivity index (χ2v) is 5.60. The summed E-state index contributed by atoms with van der Waals surface area (Å²) in [5.74, 6) is 6.62. The van der Waals surface area contributed by atoms with Crippen LogP contribution in [0.1, 0.15) is 18.4 Å². The minimum atomic E-state index is -0.965. The van der Waals surface area contributed by atoms with Crippen LogP contribution in [0.2, 0.25) is 0 Å². The number of hydrogen-bond donors (Lipinski definition) is 1. The average Bonchev–Trinajstić information content (AvgIpc) is 3.34. The summed E-state index contributed by atoms with van der Waals surface area (Å²) in [6.45, 7) is 4.15. The highest BCUT2D eigenvalue weighted by atomic mass is 35.5. The van der Waals surface area contributed by atoms with Gasteiger partial charge in [-0.15, -0.1) is 12.4 Å². The van der Waals surface area contributed by atoms with Crippen molar-refractivity contribution >= 4 is 12.4 Å². The van der Waals surface area contributed by atoms with E-state index in [1.807, 2.05) is 30.3 Å². The Morgan fingerprint density at radius 1 is 1.19 bits per heavy atom. The molecule has 2 fully saturated rings. The van der Waals surface area contributed by atoms with Crippen LogP contribution in [0, 0.1) is 17.8 Å². The first-order chi connectivity index (χ1) is 9.79. The molecule has 0 spiro atoms. The Kier molecular flexibility index (Phi) is 5.66. The van der Waals surface area contributed by atoms with Gasteiger partial charge in [-0.05, 0) is 18.4 Å². The van der Waals surface area contributed by atoms with Gasteiger partial charge in [0, 0.05) is 19.0 Å². The fourth-order valence-electron chi connectivity index (χ4n) is 2.65. The monoisotopic (exact) mass is 307 g/mol. The summed E-state index contributed by atoms with van der Waals surface area (Å²) in [6.07, 6.45) is 2.13. The molecule has 3 nitrogen and oxygen atoms in total. The Morgan fingerprint density at radius 2 is 1.86 bits per heavy atom. The summed E-state index contributed by atoms with van der Waals surface area (Å²) in [5.41, 5.74) is -0.0370. The Labute approximate surface area is 132 Å². The molecule has 1 heterocycles. The molecule has 1 aromatic carbocycles. The van der Waals surface area contributed by atoms with Crippen LogP contribution < -0.4 is 0 Å². The Morgan fingerprint density at radius 3 is 2.48 bits per heavy atom. The van der Waals surface area contributed by atoms with E-state index in [9.17, 15) is 5.11 Å². The van der Waals surface area contributed by atoms with Crippen molar-refractivity contribution in [1.29, 1.82) is 0 Å². The fourth-order valence-corrected chi connectivity index (χ4v) is 2.65. The molecule has 1 atom stereocenters. The lowest BCUT2D eigenvalue weighted by Crippen LogP contribution is -2.36. The predicted molar refractivity (Wildman–Crippen MR) is 85.3 cm³/mol. The van der Waals surface area contributed by atoms with E-state index in [0.29, 0.717) is 12.5 Å². The Bertz CT molecular complexity index is 501. The number of benzene rings is 1. The molecule has 1 saturated heterocycles. The third-order valence-corrected chi connectivity index (χ3v) is 4.07. The summed E-state index contributed by atoms with van der Waals surface area (Å²) in [4.78, 5) is 2.27. The van der Waals surface area contributed by atoms with Crippen molar-refractivity contribution < 1.29 is 9.84 Å². The smallest absolute Gasteiger partial charge is 0.153 e. The van der Waals surface area contributed by atoms with E-state index in [0.717, 1.165) is 44.7 Å². The molecule has 3 rings (SSSR count). The summed E-state index contributed by atoms with van der Waals surface area (Å²) in [5, 5.41) is 10.9. The molecule has 114 valence electrons. The molecule has 1 saturated carbocycles. The lowest BCUT2D eigenvalue weighted by Gasteiger charge is -2.25. The molecule has 0 radical (unpaired) electrons. The molecule has 0 bridgehead atoms. The van der Waals surface area contributed by atoms with E-state index in [2.05, 4.69) is 16.7 Å². The maximum atomic E-state index is 10.9. The van der Waals surface area contributed by atoms with Crippen LogP contribution in [0.15, 0.2) is 30.3 Å². The first-order valence-corrected chi connectivity index (χ1v) is 7.37. The lowest BCUT2D eigenvalue weighted by atomic mass is 9.89. The van der Waals surface area contributed by atoms with Crippen molar-refractivity contribution in [2.24, 2.45) is 5.92 Å². The second kappa shape index (κ2) is 7.29. The topological polar surface area (TPSA) is 32.7 Å². The van der Waals surface area contributed by atoms with E-state index in [1.54, 1.807) is 0 Å². The maximum Gasteiger partial charge on any atom is 0.153 e. The third-order valence-electron chi connectivity index (χ3n) is 4.07. The molecule has 1 unspecified atom stereocenters. The number of nitrogens with zero attached hydrogens (tertiary/aromatic N) is 1. The third kappa shape index (κ3) is 3.99. The van der Waals surface area contributed by atoms with Gasteiger partial charge in [0.25, 0.3) is 0 Å². The van der Waals surface area contributed by atoms with Crippen molar-refractivity contribution in [3.05, 3.63) is 35.9 Å². The summed E-state index contributed by atoms with van der Waals surface area (Å²) in [6, 6.07) is 9.85. The highest BCUT2D eigenvalue weighted by Gasteiger charge is 2.43. The predicted octanol–water partition coefficient (Wildman–Crippen LogP) is 2.04. The number of hydrogen-bond acceptors (Lipinski definition) is 3. The average molecular weight is 308 g/mol. The van der Waals surface area contributed by atoms with E-state index in [4.69, 9.17) is 4.74 Å². The van der Waals surface area contributed by atoms with Gasteiger partial charge in [0.1, 0.15) is 0 Å². The van der Waals surface area contributed by atoms with Crippen molar-refractivity contribution in [2.45, 2.75) is 18.4 Å². The zero-order chi connectivity index (χ0) is 13.8. The first-order valence-electron chi connectivity index (χ1n) is 7.37. The molecule has 1 N–H and O–H groups in total. The summed E-state index contributed by atoms with van der Waals surface area (Å²) < 4.78 is 5.33. The van der Waals surface area contributed by atoms with Crippen LogP contribution in [-0.4, -0.2) is 42.9 Å². The number of halogens is 1. The minimum Gasteiger partial charge on any atom is -0.379 e. The zero-order valence-corrected chi connectivity index (χ0v) is 12.9. The first kappa shape index (κ1) is 16.3. The van der Waals surface area contributed by atoms with Crippen molar-refractivity contribution in [3.8, 4) is 11.8 Å². The van der Waals surface area contributed by atoms with E-state index in [1.165, 1.54) is 0 Å². The molecule has 4 heteroatoms. The number of aliphatic hydroxyl groups is 1. The van der Waals surface area contributed by atoms with Gasteiger partial charge in [0.2, 0.25) is 0 Å². The van der Waals surface area contributed by atoms with Gasteiger partial charge in [0.05, 0.1) is 19.8 Å². The molecule has 1 aromatic rings. The minimum absolute atomic E-state index is 0. The van der Waals surface area contributed by atoms with Gasteiger partial charge >= 0.3 is 0 Å². The van der Waals surface area contributed by atoms with Gasteiger partial charge in [-0.1, -0.05) is 42.2 Å². The van der Waals surface area contributed by atoms with Crippen LogP contribution in [0.25, 0.3) is 0 Å². The molecule has 0 aromatic heterocycles. The van der Waals surface area contributed by atoms with Gasteiger partial charge in [-0.2, -0.15) is 0 Å². The van der Waals surface area contributed by atoms with Gasteiger partial charge in [0.15, 0.2) is 5.60 Å². The molecular weight excluding hydrogens is 286 g/mol. The lowest BCUT2D eigenvalue weighted by molar-refractivity contribution is 0.0440. The molecule has 21 heavy (non-hydrogen) atoms. The van der Waals surface area contributed by atoms with Crippen molar-refractivity contribution in [3.63, 3.8) is 0 Å². The largest absolute Gasteiger partial charge is 0.379 e. The van der Waals surface area contributed by atoms with Gasteiger partial charge in [-0.25, -0.2) is 0 Å². The van der Waals surface area contributed by atoms with Crippen molar-refractivity contribution in [2.75, 3.05) is 32.8 Å². The highest BCUT2D eigenvalue weighted by molar-refractivity contribution is 5.85. The number of rotatable bonds is 3. The van der Waals surface area contributed by atoms with E-state index >= 15 is 0 Å². The normalized spacial score (nSPS) is 21.6.